The van der Waals surface area contributed by atoms with E-state index in [1.807, 2.05) is 51.1 Å². The molecule has 0 spiro atoms. The predicted octanol–water partition coefficient (Wildman–Crippen LogP) is 2.73. The van der Waals surface area contributed by atoms with Crippen LogP contribution in [0.15, 0.2) is 48.5 Å². The number of anilines is 1. The van der Waals surface area contributed by atoms with Crippen molar-refractivity contribution in [2.45, 2.75) is 39.3 Å². The summed E-state index contributed by atoms with van der Waals surface area (Å²) < 4.78 is 0. The lowest BCUT2D eigenvalue weighted by Crippen LogP contribution is -2.35. The average molecular weight is 340 g/mol. The van der Waals surface area contributed by atoms with E-state index >= 15 is 0 Å². The summed E-state index contributed by atoms with van der Waals surface area (Å²) in [5.74, 6) is -1.42. The summed E-state index contributed by atoms with van der Waals surface area (Å²) >= 11 is 0. The van der Waals surface area contributed by atoms with Crippen LogP contribution in [0, 0.1) is 0 Å². The van der Waals surface area contributed by atoms with Crippen molar-refractivity contribution in [1.82, 2.24) is 5.32 Å². The Morgan fingerprint density at radius 2 is 1.52 bits per heavy atom. The number of carbonyl (C=O) groups excluding carboxylic acids is 2. The van der Waals surface area contributed by atoms with Gasteiger partial charge in [0.05, 0.1) is 6.61 Å². The molecule has 0 radical (unpaired) electrons. The van der Waals surface area contributed by atoms with Crippen molar-refractivity contribution in [3.8, 4) is 0 Å². The lowest BCUT2D eigenvalue weighted by molar-refractivity contribution is -0.136. The third kappa shape index (κ3) is 4.90. The van der Waals surface area contributed by atoms with Crippen LogP contribution in [0.1, 0.15) is 37.5 Å². The number of nitrogens with one attached hydrogen (secondary N) is 2. The topological polar surface area (TPSA) is 78.4 Å². The van der Waals surface area contributed by atoms with Crippen LogP contribution in [0.2, 0.25) is 0 Å². The predicted molar refractivity (Wildman–Crippen MR) is 98.0 cm³/mol. The second kappa shape index (κ2) is 7.94. The van der Waals surface area contributed by atoms with Crippen molar-refractivity contribution in [3.05, 3.63) is 65.2 Å². The van der Waals surface area contributed by atoms with Gasteiger partial charge >= 0.3 is 11.8 Å². The average Bonchev–Trinajstić information content (AvgIpc) is 2.59. The SMILES string of the molecule is CC(C)(C)c1ccccc1NC(=O)C(=O)NCc1ccccc1CO. The van der Waals surface area contributed by atoms with Crippen molar-refractivity contribution < 1.29 is 14.7 Å². The van der Waals surface area contributed by atoms with Gasteiger partial charge in [0, 0.05) is 12.2 Å². The van der Waals surface area contributed by atoms with E-state index in [0.717, 1.165) is 16.7 Å². The van der Waals surface area contributed by atoms with Gasteiger partial charge in [0.25, 0.3) is 0 Å². The molecular formula is C20H24N2O3. The number of hydrogen-bond acceptors (Lipinski definition) is 3. The van der Waals surface area contributed by atoms with Gasteiger partial charge in [-0.3, -0.25) is 9.59 Å². The minimum Gasteiger partial charge on any atom is -0.392 e. The first-order valence-corrected chi connectivity index (χ1v) is 8.19. The van der Waals surface area contributed by atoms with Crippen LogP contribution >= 0.6 is 0 Å². The maximum absolute atomic E-state index is 12.2. The molecule has 0 fully saturated rings. The van der Waals surface area contributed by atoms with Crippen molar-refractivity contribution in [3.63, 3.8) is 0 Å². The number of hydrogen-bond donors (Lipinski definition) is 3. The summed E-state index contributed by atoms with van der Waals surface area (Å²) in [4.78, 5) is 24.3. The number of aliphatic hydroxyl groups is 1. The Labute approximate surface area is 148 Å². The van der Waals surface area contributed by atoms with Crippen molar-refractivity contribution in [2.24, 2.45) is 0 Å². The fourth-order valence-electron chi connectivity index (χ4n) is 2.57. The molecule has 2 aromatic rings. The zero-order valence-corrected chi connectivity index (χ0v) is 14.8. The van der Waals surface area contributed by atoms with Gasteiger partial charge in [-0.05, 0) is 28.2 Å². The molecule has 0 bridgehead atoms. The van der Waals surface area contributed by atoms with Crippen LogP contribution in [0.3, 0.4) is 0 Å². The van der Waals surface area contributed by atoms with Gasteiger partial charge in [0.1, 0.15) is 0 Å². The summed E-state index contributed by atoms with van der Waals surface area (Å²) in [6.45, 7) is 6.21. The number of para-hydroxylation sites is 1. The van der Waals surface area contributed by atoms with Crippen molar-refractivity contribution in [1.29, 1.82) is 0 Å². The molecule has 2 amide bonds. The van der Waals surface area contributed by atoms with Gasteiger partial charge in [-0.25, -0.2) is 0 Å². The molecule has 0 aliphatic carbocycles. The normalized spacial score (nSPS) is 11.0. The lowest BCUT2D eigenvalue weighted by atomic mass is 9.86. The molecule has 0 aliphatic heterocycles. The molecule has 0 saturated carbocycles. The largest absolute Gasteiger partial charge is 0.392 e. The molecule has 0 saturated heterocycles. The first-order valence-electron chi connectivity index (χ1n) is 8.19. The third-order valence-electron chi connectivity index (χ3n) is 3.92. The standard InChI is InChI=1S/C20H24N2O3/c1-20(2,3)16-10-6-7-11-17(16)22-19(25)18(24)21-12-14-8-4-5-9-15(14)13-23/h4-11,23H,12-13H2,1-3H3,(H,21,24)(H,22,25). The van der Waals surface area contributed by atoms with E-state index in [9.17, 15) is 14.7 Å². The summed E-state index contributed by atoms with van der Waals surface area (Å²) in [5.41, 5.74) is 2.94. The molecule has 3 N–H and O–H groups in total. The number of carbonyl (C=O) groups is 2. The molecular weight excluding hydrogens is 316 g/mol. The van der Waals surface area contributed by atoms with Gasteiger partial charge in [-0.1, -0.05) is 63.2 Å². The minimum absolute atomic E-state index is 0.114. The third-order valence-corrected chi connectivity index (χ3v) is 3.92. The quantitative estimate of drug-likeness (QED) is 0.749. The zero-order valence-electron chi connectivity index (χ0n) is 14.8. The van der Waals surface area contributed by atoms with Gasteiger partial charge in [0.15, 0.2) is 0 Å². The molecule has 132 valence electrons. The molecule has 0 aliphatic rings. The molecule has 0 aromatic heterocycles. The summed E-state index contributed by atoms with van der Waals surface area (Å²) in [7, 11) is 0. The summed E-state index contributed by atoms with van der Waals surface area (Å²) in [6, 6.07) is 14.7. The highest BCUT2D eigenvalue weighted by atomic mass is 16.3. The van der Waals surface area contributed by atoms with E-state index in [0.29, 0.717) is 5.69 Å². The Hall–Kier alpha value is -2.66. The maximum atomic E-state index is 12.2. The highest BCUT2D eigenvalue weighted by Gasteiger charge is 2.21. The van der Waals surface area contributed by atoms with Crippen molar-refractivity contribution >= 4 is 17.5 Å². The summed E-state index contributed by atoms with van der Waals surface area (Å²) in [6.07, 6.45) is 0. The molecule has 2 rings (SSSR count). The van der Waals surface area contributed by atoms with Crippen LogP contribution in [0.25, 0.3) is 0 Å². The van der Waals surface area contributed by atoms with Crippen LogP contribution in [-0.4, -0.2) is 16.9 Å². The zero-order chi connectivity index (χ0) is 18.4. The first kappa shape index (κ1) is 18.7. The Bertz CT molecular complexity index is 764. The van der Waals surface area contributed by atoms with E-state index < -0.39 is 11.8 Å². The van der Waals surface area contributed by atoms with Crippen LogP contribution in [-0.2, 0) is 28.2 Å². The van der Waals surface area contributed by atoms with E-state index in [1.54, 1.807) is 18.2 Å². The Morgan fingerprint density at radius 1 is 0.920 bits per heavy atom. The Morgan fingerprint density at radius 3 is 2.16 bits per heavy atom. The van der Waals surface area contributed by atoms with Gasteiger partial charge in [-0.15, -0.1) is 0 Å². The Balaban J connectivity index is 2.03. The van der Waals surface area contributed by atoms with Crippen LogP contribution < -0.4 is 10.6 Å². The van der Waals surface area contributed by atoms with Crippen molar-refractivity contribution in [2.75, 3.05) is 5.32 Å². The van der Waals surface area contributed by atoms with Gasteiger partial charge < -0.3 is 15.7 Å². The molecule has 0 unspecified atom stereocenters. The van der Waals surface area contributed by atoms with Crippen LogP contribution in [0.5, 0.6) is 0 Å². The molecule has 0 atom stereocenters. The van der Waals surface area contributed by atoms with Crippen LogP contribution in [0.4, 0.5) is 5.69 Å². The Kier molecular flexibility index (Phi) is 5.93. The van der Waals surface area contributed by atoms with Gasteiger partial charge in [-0.2, -0.15) is 0 Å². The molecule has 2 aromatic carbocycles. The number of benzene rings is 2. The maximum Gasteiger partial charge on any atom is 0.313 e. The molecule has 5 nitrogen and oxygen atoms in total. The first-order chi connectivity index (χ1) is 11.8. The smallest absolute Gasteiger partial charge is 0.313 e. The minimum atomic E-state index is -0.712. The number of aliphatic hydroxyl groups excluding tert-OH is 1. The lowest BCUT2D eigenvalue weighted by Gasteiger charge is -2.22. The molecule has 25 heavy (non-hydrogen) atoms. The van der Waals surface area contributed by atoms with E-state index in [4.69, 9.17) is 0 Å². The van der Waals surface area contributed by atoms with E-state index in [2.05, 4.69) is 10.6 Å². The number of rotatable bonds is 4. The fraction of sp³-hybridized carbons (Fsp3) is 0.300. The highest BCUT2D eigenvalue weighted by molar-refractivity contribution is 6.39. The van der Waals surface area contributed by atoms with Gasteiger partial charge in [0.2, 0.25) is 0 Å². The summed E-state index contributed by atoms with van der Waals surface area (Å²) in [5, 5.41) is 14.6. The second-order valence-electron chi connectivity index (χ2n) is 6.86. The fourth-order valence-corrected chi connectivity index (χ4v) is 2.57. The monoisotopic (exact) mass is 340 g/mol. The second-order valence-corrected chi connectivity index (χ2v) is 6.86. The van der Waals surface area contributed by atoms with E-state index in [1.165, 1.54) is 0 Å². The molecule has 5 heteroatoms. The molecule has 0 heterocycles. The van der Waals surface area contributed by atoms with E-state index in [-0.39, 0.29) is 18.6 Å². The highest BCUT2D eigenvalue weighted by Crippen LogP contribution is 2.29. The number of amides is 2.